The zero-order chi connectivity index (χ0) is 33.0. The third-order valence-corrected chi connectivity index (χ3v) is 8.54. The van der Waals surface area contributed by atoms with Crippen LogP contribution in [0.3, 0.4) is 0 Å². The second kappa shape index (κ2) is 14.1. The Morgan fingerprint density at radius 2 is 1.65 bits per heavy atom. The van der Waals surface area contributed by atoms with E-state index in [2.05, 4.69) is 10.3 Å². The SMILES string of the molecule is CC(C)(C)OC(=O)N1CCN(C(=O)CC2CCCN(C(=O)c3ccc(NC(=O)c4ccccc4Cl)nc3)c3ccc(Cl)cc32)CC1. The quantitative estimate of drug-likeness (QED) is 0.327. The molecule has 5 rings (SSSR count). The summed E-state index contributed by atoms with van der Waals surface area (Å²) in [6, 6.07) is 15.3. The van der Waals surface area contributed by atoms with Crippen molar-refractivity contribution >= 4 is 58.5 Å². The zero-order valence-electron chi connectivity index (χ0n) is 26.1. The van der Waals surface area contributed by atoms with Crippen LogP contribution in [0, 0.1) is 0 Å². The van der Waals surface area contributed by atoms with Crippen molar-refractivity contribution in [3.05, 3.63) is 87.5 Å². The maximum Gasteiger partial charge on any atom is 0.410 e. The van der Waals surface area contributed by atoms with Gasteiger partial charge in [-0.15, -0.1) is 0 Å². The van der Waals surface area contributed by atoms with Crippen molar-refractivity contribution in [2.75, 3.05) is 42.9 Å². The summed E-state index contributed by atoms with van der Waals surface area (Å²) in [6.45, 7) is 7.62. The molecule has 1 N–H and O–H groups in total. The molecular weight excluding hydrogens is 629 g/mol. The Bertz CT molecular complexity index is 1620. The maximum atomic E-state index is 13.8. The molecule has 2 aromatic carbocycles. The first-order valence-corrected chi connectivity index (χ1v) is 16.0. The molecule has 242 valence electrons. The number of rotatable bonds is 5. The van der Waals surface area contributed by atoms with E-state index in [4.69, 9.17) is 27.9 Å². The number of nitrogens with zero attached hydrogens (tertiary/aromatic N) is 4. The van der Waals surface area contributed by atoms with Crippen LogP contribution < -0.4 is 10.2 Å². The van der Waals surface area contributed by atoms with Gasteiger partial charge < -0.3 is 24.8 Å². The predicted octanol–water partition coefficient (Wildman–Crippen LogP) is 6.63. The number of anilines is 2. The highest BCUT2D eigenvalue weighted by Gasteiger charge is 2.32. The molecule has 1 aromatic heterocycles. The van der Waals surface area contributed by atoms with Gasteiger partial charge in [-0.25, -0.2) is 9.78 Å². The monoisotopic (exact) mass is 665 g/mol. The number of piperazine rings is 1. The molecule has 2 aliphatic heterocycles. The molecule has 1 fully saturated rings. The first-order chi connectivity index (χ1) is 21.9. The smallest absolute Gasteiger partial charge is 0.410 e. The standard InChI is InChI=1S/C34H37Cl2N5O5/c1-34(2,3)46-33(45)40-17-15-39(16-18-40)30(42)19-22-7-6-14-41(28-12-11-24(35)20-26(22)28)32(44)23-10-13-29(37-21-23)38-31(43)25-8-4-5-9-27(25)36/h4-5,8-13,20-22H,6-7,14-19H2,1-3H3,(H,37,38,43). The molecule has 1 atom stereocenters. The lowest BCUT2D eigenvalue weighted by atomic mass is 9.90. The summed E-state index contributed by atoms with van der Waals surface area (Å²) in [5.41, 5.74) is 1.64. The summed E-state index contributed by atoms with van der Waals surface area (Å²) in [5, 5.41) is 3.56. The van der Waals surface area contributed by atoms with Crippen molar-refractivity contribution in [2.24, 2.45) is 0 Å². The van der Waals surface area contributed by atoms with Gasteiger partial charge in [0.15, 0.2) is 0 Å². The predicted molar refractivity (Wildman–Crippen MR) is 178 cm³/mol. The molecule has 0 spiro atoms. The van der Waals surface area contributed by atoms with Crippen molar-refractivity contribution in [1.82, 2.24) is 14.8 Å². The average molecular weight is 667 g/mol. The van der Waals surface area contributed by atoms with Gasteiger partial charge in [0.05, 0.1) is 16.1 Å². The molecular formula is C34H37Cl2N5O5. The Labute approximate surface area is 278 Å². The molecule has 3 aromatic rings. The van der Waals surface area contributed by atoms with E-state index in [-0.39, 0.29) is 36.1 Å². The summed E-state index contributed by atoms with van der Waals surface area (Å²) >= 11 is 12.6. The van der Waals surface area contributed by atoms with Crippen LogP contribution in [0.1, 0.15) is 72.2 Å². The topological polar surface area (TPSA) is 112 Å². The van der Waals surface area contributed by atoms with Gasteiger partial charge in [-0.2, -0.15) is 0 Å². The van der Waals surface area contributed by atoms with Crippen LogP contribution >= 0.6 is 23.2 Å². The third-order valence-electron chi connectivity index (χ3n) is 7.98. The fourth-order valence-electron chi connectivity index (χ4n) is 5.68. The molecule has 1 saturated heterocycles. The van der Waals surface area contributed by atoms with Crippen molar-refractivity contribution in [2.45, 2.75) is 51.6 Å². The van der Waals surface area contributed by atoms with Crippen LogP contribution in [-0.2, 0) is 9.53 Å². The van der Waals surface area contributed by atoms with Gasteiger partial charge in [0.2, 0.25) is 5.91 Å². The van der Waals surface area contributed by atoms with E-state index >= 15 is 0 Å². The van der Waals surface area contributed by atoms with Gasteiger partial charge >= 0.3 is 6.09 Å². The van der Waals surface area contributed by atoms with Crippen molar-refractivity contribution in [3.63, 3.8) is 0 Å². The first-order valence-electron chi connectivity index (χ1n) is 15.3. The van der Waals surface area contributed by atoms with Gasteiger partial charge in [0, 0.05) is 56.1 Å². The number of aromatic nitrogens is 1. The Balaban J connectivity index is 1.26. The molecule has 2 aliphatic rings. The summed E-state index contributed by atoms with van der Waals surface area (Å²) in [6.07, 6.45) is 2.71. The van der Waals surface area contributed by atoms with Gasteiger partial charge in [-0.05, 0) is 87.6 Å². The lowest BCUT2D eigenvalue weighted by Gasteiger charge is -2.36. The summed E-state index contributed by atoms with van der Waals surface area (Å²) in [7, 11) is 0. The van der Waals surface area contributed by atoms with Crippen molar-refractivity contribution in [1.29, 1.82) is 0 Å². The Hall–Kier alpha value is -4.15. The van der Waals surface area contributed by atoms with Gasteiger partial charge in [0.1, 0.15) is 11.4 Å². The molecule has 4 amide bonds. The lowest BCUT2D eigenvalue weighted by Crippen LogP contribution is -2.51. The Morgan fingerprint density at radius 3 is 2.33 bits per heavy atom. The number of carbonyl (C=O) groups excluding carboxylic acids is 4. The summed E-state index contributed by atoms with van der Waals surface area (Å²) in [5.74, 6) is -0.497. The molecule has 12 heteroatoms. The van der Waals surface area contributed by atoms with E-state index in [1.165, 1.54) is 6.20 Å². The third kappa shape index (κ3) is 7.97. The summed E-state index contributed by atoms with van der Waals surface area (Å²) in [4.78, 5) is 61.8. The van der Waals surface area contributed by atoms with E-state index in [0.717, 1.165) is 5.56 Å². The van der Waals surface area contributed by atoms with E-state index in [0.29, 0.717) is 72.4 Å². The van der Waals surface area contributed by atoms with Gasteiger partial charge in [0.25, 0.3) is 11.8 Å². The molecule has 10 nitrogen and oxygen atoms in total. The van der Waals surface area contributed by atoms with Crippen LogP contribution in [0.5, 0.6) is 0 Å². The van der Waals surface area contributed by atoms with E-state index in [1.54, 1.807) is 57.2 Å². The van der Waals surface area contributed by atoms with Crippen LogP contribution in [0.15, 0.2) is 60.8 Å². The van der Waals surface area contributed by atoms with E-state index < -0.39 is 11.5 Å². The highest BCUT2D eigenvalue weighted by atomic mass is 35.5. The maximum absolute atomic E-state index is 13.8. The van der Waals surface area contributed by atoms with Crippen LogP contribution in [0.4, 0.5) is 16.3 Å². The van der Waals surface area contributed by atoms with Crippen molar-refractivity contribution < 1.29 is 23.9 Å². The summed E-state index contributed by atoms with van der Waals surface area (Å²) < 4.78 is 5.48. The zero-order valence-corrected chi connectivity index (χ0v) is 27.6. The number of fused-ring (bicyclic) bond motifs is 1. The molecule has 0 bridgehead atoms. The fourth-order valence-corrected chi connectivity index (χ4v) is 6.08. The first kappa shape index (κ1) is 33.2. The molecule has 1 unspecified atom stereocenters. The number of hydrogen-bond acceptors (Lipinski definition) is 6. The molecule has 3 heterocycles. The fraction of sp³-hybridized carbons (Fsp3) is 0.382. The molecule has 0 radical (unpaired) electrons. The van der Waals surface area contributed by atoms with Crippen LogP contribution in [0.2, 0.25) is 10.0 Å². The van der Waals surface area contributed by atoms with E-state index in [1.807, 2.05) is 32.9 Å². The number of amides is 4. The Morgan fingerprint density at radius 1 is 0.935 bits per heavy atom. The minimum absolute atomic E-state index is 0.00170. The Kier molecular flexibility index (Phi) is 10.2. The van der Waals surface area contributed by atoms with Crippen LogP contribution in [0.25, 0.3) is 0 Å². The average Bonchev–Trinajstić information content (AvgIpc) is 3.19. The number of carbonyl (C=O) groups is 4. The lowest BCUT2D eigenvalue weighted by molar-refractivity contribution is -0.133. The molecule has 0 saturated carbocycles. The number of nitrogens with one attached hydrogen (secondary N) is 1. The van der Waals surface area contributed by atoms with Crippen LogP contribution in [-0.4, -0.2) is 76.9 Å². The second-order valence-corrected chi connectivity index (χ2v) is 13.3. The highest BCUT2D eigenvalue weighted by Crippen LogP contribution is 2.39. The second-order valence-electron chi connectivity index (χ2n) is 12.4. The van der Waals surface area contributed by atoms with E-state index in [9.17, 15) is 19.2 Å². The van der Waals surface area contributed by atoms with Crippen molar-refractivity contribution in [3.8, 4) is 0 Å². The minimum atomic E-state index is -0.581. The van der Waals surface area contributed by atoms with Gasteiger partial charge in [-0.3, -0.25) is 14.4 Å². The number of halogens is 2. The number of ether oxygens (including phenoxy) is 1. The number of pyridine rings is 1. The minimum Gasteiger partial charge on any atom is -0.444 e. The number of hydrogen-bond donors (Lipinski definition) is 1. The highest BCUT2D eigenvalue weighted by molar-refractivity contribution is 6.34. The largest absolute Gasteiger partial charge is 0.444 e. The normalized spacial score (nSPS) is 16.7. The number of benzene rings is 2. The molecule has 0 aliphatic carbocycles. The van der Waals surface area contributed by atoms with Gasteiger partial charge in [-0.1, -0.05) is 35.3 Å². The molecule has 46 heavy (non-hydrogen) atoms.